The molecule has 2 aliphatic heterocycles. The molecule has 0 aliphatic carbocycles. The predicted octanol–water partition coefficient (Wildman–Crippen LogP) is 3.25. The molecule has 0 saturated carbocycles. The molecular weight excluding hydrogens is 594 g/mol. The number of anilines is 2. The minimum absolute atomic E-state index is 0.0278. The maximum atomic E-state index is 12.9. The second kappa shape index (κ2) is 15.4. The Morgan fingerprint density at radius 2 is 1.28 bits per heavy atom. The zero-order chi connectivity index (χ0) is 32.4. The van der Waals surface area contributed by atoms with E-state index in [1.54, 1.807) is 0 Å². The average molecular weight is 625 g/mol. The minimum atomic E-state index is -5.08. The lowest BCUT2D eigenvalue weighted by atomic mass is 9.95. The molecule has 0 radical (unpaired) electrons. The summed E-state index contributed by atoms with van der Waals surface area (Å²) in [6, 6.07) is 12.3. The van der Waals surface area contributed by atoms with Crippen LogP contribution in [-0.4, -0.2) is 102 Å². The summed E-state index contributed by atoms with van der Waals surface area (Å²) >= 11 is 0. The fourth-order valence-electron chi connectivity index (χ4n) is 4.35. The molecule has 0 bridgehead atoms. The van der Waals surface area contributed by atoms with Gasteiger partial charge in [-0.15, -0.1) is 0 Å². The molecule has 1 amide bonds. The number of likely N-dealkylation sites (tertiary alicyclic amines) is 1. The lowest BCUT2D eigenvalue weighted by Crippen LogP contribution is -2.43. The number of aliphatic carboxylic acids is 3. The van der Waals surface area contributed by atoms with E-state index in [0.29, 0.717) is 25.9 Å². The van der Waals surface area contributed by atoms with Gasteiger partial charge in [-0.05, 0) is 38.1 Å². The lowest BCUT2D eigenvalue weighted by molar-refractivity contribution is -0.193. The Morgan fingerprint density at radius 3 is 1.74 bits per heavy atom. The van der Waals surface area contributed by atoms with Gasteiger partial charge in [0.25, 0.3) is 0 Å². The van der Waals surface area contributed by atoms with Crippen molar-refractivity contribution >= 4 is 46.0 Å². The number of alkyl halides is 6. The number of fused-ring (bicyclic) bond motifs is 1. The molecule has 2 aromatic rings. The number of carboxylic acid groups (broad SMARTS) is 3. The van der Waals surface area contributed by atoms with Crippen LogP contribution in [0.4, 0.5) is 37.7 Å². The SMILES string of the molecule is O=C(O)C(F)(F)F.O=C(O)C(F)(F)F.O=C(O)CN1CCC(C(=O)Nc2ccc(N3CCNCC3)c3ccccc23)CC1. The molecule has 2 fully saturated rings. The van der Waals surface area contributed by atoms with E-state index in [1.165, 1.54) is 5.69 Å². The summed E-state index contributed by atoms with van der Waals surface area (Å²) < 4.78 is 63.5. The van der Waals surface area contributed by atoms with Gasteiger partial charge in [-0.25, -0.2) is 9.59 Å². The first kappa shape index (κ1) is 35.1. The molecule has 238 valence electrons. The number of halogens is 6. The predicted molar refractivity (Wildman–Crippen MR) is 142 cm³/mol. The second-order valence-corrected chi connectivity index (χ2v) is 9.45. The van der Waals surface area contributed by atoms with Crippen molar-refractivity contribution in [3.8, 4) is 0 Å². The maximum absolute atomic E-state index is 12.9. The molecule has 2 aromatic carbocycles. The van der Waals surface area contributed by atoms with Gasteiger partial charge in [0.15, 0.2) is 0 Å². The van der Waals surface area contributed by atoms with Gasteiger partial charge in [-0.2, -0.15) is 26.3 Å². The molecule has 0 aromatic heterocycles. The van der Waals surface area contributed by atoms with Crippen LogP contribution in [0, 0.1) is 5.92 Å². The molecule has 5 N–H and O–H groups in total. The van der Waals surface area contributed by atoms with Crippen molar-refractivity contribution in [3.63, 3.8) is 0 Å². The van der Waals surface area contributed by atoms with Crippen molar-refractivity contribution in [2.45, 2.75) is 25.2 Å². The number of nitrogens with one attached hydrogen (secondary N) is 2. The van der Waals surface area contributed by atoms with Crippen molar-refractivity contribution in [3.05, 3.63) is 36.4 Å². The number of amides is 1. The maximum Gasteiger partial charge on any atom is 0.490 e. The number of benzene rings is 2. The Labute approximate surface area is 241 Å². The monoisotopic (exact) mass is 624 g/mol. The Kier molecular flexibility index (Phi) is 12.5. The summed E-state index contributed by atoms with van der Waals surface area (Å²) in [4.78, 5) is 45.8. The standard InChI is InChI=1S/C22H28N4O3.2C2HF3O2/c27-21(28)15-25-11-7-16(8-12-25)22(29)24-19-5-6-20(26-13-9-23-10-14-26)18-4-2-1-3-17(18)19;2*3-2(4,5)1(6)7/h1-6,16,23H,7-15H2,(H,24,29)(H,27,28);2*(H,6,7). The van der Waals surface area contributed by atoms with E-state index in [-0.39, 0.29) is 18.4 Å². The van der Waals surface area contributed by atoms with Crippen LogP contribution in [0.2, 0.25) is 0 Å². The zero-order valence-corrected chi connectivity index (χ0v) is 22.5. The smallest absolute Gasteiger partial charge is 0.480 e. The van der Waals surface area contributed by atoms with Crippen LogP contribution in [0.25, 0.3) is 10.8 Å². The molecule has 2 heterocycles. The van der Waals surface area contributed by atoms with Crippen molar-refractivity contribution in [1.29, 1.82) is 0 Å². The fourth-order valence-corrected chi connectivity index (χ4v) is 4.35. The van der Waals surface area contributed by atoms with E-state index in [0.717, 1.165) is 42.6 Å². The topological polar surface area (TPSA) is 160 Å². The van der Waals surface area contributed by atoms with E-state index in [9.17, 15) is 35.9 Å². The van der Waals surface area contributed by atoms with E-state index < -0.39 is 30.3 Å². The molecule has 43 heavy (non-hydrogen) atoms. The summed E-state index contributed by atoms with van der Waals surface area (Å²) in [5.41, 5.74) is 2.06. The highest BCUT2D eigenvalue weighted by molar-refractivity contribution is 6.07. The van der Waals surface area contributed by atoms with Gasteiger partial charge in [0.1, 0.15) is 0 Å². The highest BCUT2D eigenvalue weighted by atomic mass is 19.4. The molecule has 2 aliphatic rings. The summed E-state index contributed by atoms with van der Waals surface area (Å²) in [5.74, 6) is -6.38. The van der Waals surface area contributed by atoms with Crippen molar-refractivity contribution in [2.24, 2.45) is 5.92 Å². The van der Waals surface area contributed by atoms with Crippen molar-refractivity contribution in [1.82, 2.24) is 10.2 Å². The molecule has 0 atom stereocenters. The van der Waals surface area contributed by atoms with Crippen LogP contribution < -0.4 is 15.5 Å². The molecule has 4 rings (SSSR count). The van der Waals surface area contributed by atoms with Gasteiger partial charge in [0, 0.05) is 54.2 Å². The molecular formula is C26H30F6N4O7. The second-order valence-electron chi connectivity index (χ2n) is 9.45. The number of hydrogen-bond donors (Lipinski definition) is 5. The molecule has 2 saturated heterocycles. The molecule has 17 heteroatoms. The Balaban J connectivity index is 0.000000384. The van der Waals surface area contributed by atoms with Crippen molar-refractivity contribution < 1.29 is 60.8 Å². The van der Waals surface area contributed by atoms with Gasteiger partial charge >= 0.3 is 30.3 Å². The van der Waals surface area contributed by atoms with Gasteiger partial charge < -0.3 is 30.9 Å². The summed E-state index contributed by atoms with van der Waals surface area (Å²) in [7, 11) is 0. The van der Waals surface area contributed by atoms with E-state index in [4.69, 9.17) is 24.9 Å². The van der Waals surface area contributed by atoms with E-state index in [1.807, 2.05) is 23.1 Å². The summed E-state index contributed by atoms with van der Waals surface area (Å²) in [5, 5.41) is 31.9. The van der Waals surface area contributed by atoms with E-state index >= 15 is 0 Å². The zero-order valence-electron chi connectivity index (χ0n) is 22.5. The fraction of sp³-hybridized carbons (Fsp3) is 0.462. The number of piperazine rings is 1. The van der Waals surface area contributed by atoms with Gasteiger partial charge in [0.05, 0.1) is 6.54 Å². The molecule has 11 nitrogen and oxygen atoms in total. The summed E-state index contributed by atoms with van der Waals surface area (Å²) in [6.07, 6.45) is -8.79. The van der Waals surface area contributed by atoms with Crippen LogP contribution in [0.15, 0.2) is 36.4 Å². The number of nitrogens with zero attached hydrogens (tertiary/aromatic N) is 2. The number of carboxylic acids is 3. The van der Waals surface area contributed by atoms with Crippen LogP contribution in [0.3, 0.4) is 0 Å². The minimum Gasteiger partial charge on any atom is -0.480 e. The number of piperidine rings is 1. The molecule has 0 spiro atoms. The first-order valence-electron chi connectivity index (χ1n) is 12.8. The average Bonchev–Trinajstić information content (AvgIpc) is 2.93. The summed E-state index contributed by atoms with van der Waals surface area (Å²) in [6.45, 7) is 5.25. The number of hydrogen-bond acceptors (Lipinski definition) is 7. The third-order valence-electron chi connectivity index (χ3n) is 6.42. The third-order valence-corrected chi connectivity index (χ3v) is 6.42. The largest absolute Gasteiger partial charge is 0.490 e. The van der Waals surface area contributed by atoms with Crippen LogP contribution in [-0.2, 0) is 19.2 Å². The van der Waals surface area contributed by atoms with Gasteiger partial charge in [-0.3, -0.25) is 14.5 Å². The first-order valence-corrected chi connectivity index (χ1v) is 12.8. The van der Waals surface area contributed by atoms with Gasteiger partial charge in [-0.1, -0.05) is 24.3 Å². The quantitative estimate of drug-likeness (QED) is 0.313. The Hall–Kier alpha value is -4.12. The van der Waals surface area contributed by atoms with Crippen molar-refractivity contribution in [2.75, 3.05) is 56.0 Å². The Bertz CT molecular complexity index is 1250. The first-order chi connectivity index (χ1) is 20.0. The third kappa shape index (κ3) is 11.2. The normalized spacial score (nSPS) is 16.3. The Morgan fingerprint density at radius 1 is 0.791 bits per heavy atom. The van der Waals surface area contributed by atoms with Crippen LogP contribution in [0.1, 0.15) is 12.8 Å². The molecule has 0 unspecified atom stereocenters. The van der Waals surface area contributed by atoms with Crippen LogP contribution >= 0.6 is 0 Å². The van der Waals surface area contributed by atoms with Crippen LogP contribution in [0.5, 0.6) is 0 Å². The van der Waals surface area contributed by atoms with Gasteiger partial charge in [0.2, 0.25) is 5.91 Å². The lowest BCUT2D eigenvalue weighted by Gasteiger charge is -2.31. The number of rotatable bonds is 5. The highest BCUT2D eigenvalue weighted by Crippen LogP contribution is 2.33. The highest BCUT2D eigenvalue weighted by Gasteiger charge is 2.39. The number of carbonyl (C=O) groups excluding carboxylic acids is 1. The number of carbonyl (C=O) groups is 4. The van der Waals surface area contributed by atoms with E-state index in [2.05, 4.69) is 33.7 Å².